The van der Waals surface area contributed by atoms with Crippen molar-refractivity contribution >= 4 is 11.6 Å². The average molecular weight is 340 g/mol. The Kier molecular flexibility index (Phi) is 6.03. The minimum absolute atomic E-state index is 0.734. The number of hydrogen-bond donors (Lipinski definition) is 2. The Morgan fingerprint density at radius 3 is 2.96 bits per heavy atom. The number of nitrogens with zero attached hydrogens (tertiary/aromatic N) is 4. The van der Waals surface area contributed by atoms with Crippen LogP contribution in [0.2, 0.25) is 0 Å². The topological polar surface area (TPSA) is 79.8 Å². The SMILES string of the molecule is CCNC(=NCCCc1nnc2ccccn12)NCCc1ccco1. The molecule has 0 unspecified atom stereocenters. The van der Waals surface area contributed by atoms with Crippen molar-refractivity contribution in [2.45, 2.75) is 26.2 Å². The summed E-state index contributed by atoms with van der Waals surface area (Å²) in [4.78, 5) is 4.62. The van der Waals surface area contributed by atoms with Crippen LogP contribution < -0.4 is 10.6 Å². The molecule has 0 amide bonds. The van der Waals surface area contributed by atoms with Gasteiger partial charge >= 0.3 is 0 Å². The van der Waals surface area contributed by atoms with Crippen LogP contribution in [0.4, 0.5) is 0 Å². The number of aryl methyl sites for hydroxylation is 1. The summed E-state index contributed by atoms with van der Waals surface area (Å²) in [6, 6.07) is 9.80. The summed E-state index contributed by atoms with van der Waals surface area (Å²) in [5.41, 5.74) is 0.883. The highest BCUT2D eigenvalue weighted by molar-refractivity contribution is 5.79. The maximum absolute atomic E-state index is 5.33. The summed E-state index contributed by atoms with van der Waals surface area (Å²) in [6.07, 6.45) is 6.30. The molecule has 0 fully saturated rings. The Bertz CT molecular complexity index is 793. The van der Waals surface area contributed by atoms with Gasteiger partial charge in [-0.05, 0) is 37.6 Å². The van der Waals surface area contributed by atoms with Crippen LogP contribution in [0.15, 0.2) is 52.2 Å². The molecule has 0 aliphatic heterocycles. The van der Waals surface area contributed by atoms with Gasteiger partial charge in [-0.2, -0.15) is 0 Å². The second-order valence-corrected chi connectivity index (χ2v) is 5.67. The molecule has 3 heterocycles. The minimum Gasteiger partial charge on any atom is -0.469 e. The smallest absolute Gasteiger partial charge is 0.191 e. The molecule has 132 valence electrons. The fourth-order valence-corrected chi connectivity index (χ4v) is 2.59. The van der Waals surface area contributed by atoms with Gasteiger partial charge < -0.3 is 15.1 Å². The molecule has 0 atom stereocenters. The van der Waals surface area contributed by atoms with E-state index in [9.17, 15) is 0 Å². The predicted molar refractivity (Wildman–Crippen MR) is 97.7 cm³/mol. The van der Waals surface area contributed by atoms with Crippen LogP contribution in [-0.2, 0) is 12.8 Å². The second-order valence-electron chi connectivity index (χ2n) is 5.67. The standard InChI is InChI=1S/C18H24N6O/c1-2-19-18(21-12-10-15-7-6-14-25-15)20-11-5-9-17-23-22-16-8-3-4-13-24(16)17/h3-4,6-8,13-14H,2,5,9-12H2,1H3,(H2,19,20,21). The van der Waals surface area contributed by atoms with Gasteiger partial charge in [-0.25, -0.2) is 0 Å². The molecule has 0 bridgehead atoms. The molecule has 3 aromatic heterocycles. The quantitative estimate of drug-likeness (QED) is 0.373. The number of aliphatic imine (C=N–C) groups is 1. The lowest BCUT2D eigenvalue weighted by Crippen LogP contribution is -2.38. The lowest BCUT2D eigenvalue weighted by molar-refractivity contribution is 0.507. The highest BCUT2D eigenvalue weighted by Gasteiger charge is 2.04. The van der Waals surface area contributed by atoms with E-state index in [0.717, 1.165) is 62.1 Å². The molecule has 2 N–H and O–H groups in total. The van der Waals surface area contributed by atoms with Crippen molar-refractivity contribution in [2.75, 3.05) is 19.6 Å². The zero-order chi connectivity index (χ0) is 17.3. The van der Waals surface area contributed by atoms with Crippen LogP contribution in [0.25, 0.3) is 5.65 Å². The van der Waals surface area contributed by atoms with Gasteiger partial charge in [0.05, 0.1) is 6.26 Å². The van der Waals surface area contributed by atoms with E-state index in [2.05, 4.69) is 32.7 Å². The molecule has 0 spiro atoms. The number of nitrogens with one attached hydrogen (secondary N) is 2. The summed E-state index contributed by atoms with van der Waals surface area (Å²) in [5.74, 6) is 2.78. The van der Waals surface area contributed by atoms with Crippen molar-refractivity contribution in [1.82, 2.24) is 25.2 Å². The number of fused-ring (bicyclic) bond motifs is 1. The van der Waals surface area contributed by atoms with Crippen molar-refractivity contribution in [2.24, 2.45) is 4.99 Å². The van der Waals surface area contributed by atoms with Crippen LogP contribution in [0.5, 0.6) is 0 Å². The predicted octanol–water partition coefficient (Wildman–Crippen LogP) is 2.05. The molecule has 0 saturated carbocycles. The van der Waals surface area contributed by atoms with Crippen LogP contribution >= 0.6 is 0 Å². The molecule has 0 aromatic carbocycles. The number of furan rings is 1. The van der Waals surface area contributed by atoms with Crippen molar-refractivity contribution < 1.29 is 4.42 Å². The van der Waals surface area contributed by atoms with E-state index in [4.69, 9.17) is 4.42 Å². The molecular formula is C18H24N6O. The van der Waals surface area contributed by atoms with Crippen molar-refractivity contribution in [3.63, 3.8) is 0 Å². The molecule has 25 heavy (non-hydrogen) atoms. The molecule has 0 aliphatic carbocycles. The van der Waals surface area contributed by atoms with Crippen molar-refractivity contribution in [3.05, 3.63) is 54.4 Å². The van der Waals surface area contributed by atoms with Gasteiger partial charge in [0.2, 0.25) is 0 Å². The molecule has 3 rings (SSSR count). The molecule has 7 nitrogen and oxygen atoms in total. The Morgan fingerprint density at radius 1 is 1.16 bits per heavy atom. The van der Waals surface area contributed by atoms with Gasteiger partial charge in [0.1, 0.15) is 11.6 Å². The van der Waals surface area contributed by atoms with Gasteiger partial charge in [0.15, 0.2) is 11.6 Å². The monoisotopic (exact) mass is 340 g/mol. The number of hydrogen-bond acceptors (Lipinski definition) is 4. The van der Waals surface area contributed by atoms with E-state index in [1.807, 2.05) is 40.9 Å². The van der Waals surface area contributed by atoms with Crippen LogP contribution in [0, 0.1) is 0 Å². The minimum atomic E-state index is 0.734. The van der Waals surface area contributed by atoms with E-state index < -0.39 is 0 Å². The molecule has 3 aromatic rings. The summed E-state index contributed by atoms with van der Waals surface area (Å²) >= 11 is 0. The van der Waals surface area contributed by atoms with Gasteiger partial charge in [-0.1, -0.05) is 6.07 Å². The van der Waals surface area contributed by atoms with Crippen LogP contribution in [0.1, 0.15) is 24.9 Å². The fourth-order valence-electron chi connectivity index (χ4n) is 2.59. The normalized spacial score (nSPS) is 11.8. The summed E-state index contributed by atoms with van der Waals surface area (Å²) in [5, 5.41) is 15.0. The number of aromatic nitrogens is 3. The van der Waals surface area contributed by atoms with E-state index in [-0.39, 0.29) is 0 Å². The number of guanidine groups is 1. The summed E-state index contributed by atoms with van der Waals surface area (Å²) in [7, 11) is 0. The second kappa shape index (κ2) is 8.86. The van der Waals surface area contributed by atoms with Crippen LogP contribution in [0.3, 0.4) is 0 Å². The third-order valence-corrected chi connectivity index (χ3v) is 3.80. The maximum atomic E-state index is 5.33. The van der Waals surface area contributed by atoms with E-state index >= 15 is 0 Å². The lowest BCUT2D eigenvalue weighted by atomic mass is 10.3. The first kappa shape index (κ1) is 17.0. The van der Waals surface area contributed by atoms with Crippen molar-refractivity contribution in [1.29, 1.82) is 0 Å². The lowest BCUT2D eigenvalue weighted by Gasteiger charge is -2.10. The largest absolute Gasteiger partial charge is 0.469 e. The Labute approximate surface area is 147 Å². The molecule has 0 radical (unpaired) electrons. The van der Waals surface area contributed by atoms with Gasteiger partial charge in [-0.3, -0.25) is 9.39 Å². The molecule has 7 heteroatoms. The van der Waals surface area contributed by atoms with Gasteiger partial charge in [0.25, 0.3) is 0 Å². The number of rotatable bonds is 8. The zero-order valence-electron chi connectivity index (χ0n) is 14.5. The maximum Gasteiger partial charge on any atom is 0.191 e. The highest BCUT2D eigenvalue weighted by Crippen LogP contribution is 2.05. The molecule has 0 saturated heterocycles. The van der Waals surface area contributed by atoms with Gasteiger partial charge in [0, 0.05) is 38.7 Å². The fraction of sp³-hybridized carbons (Fsp3) is 0.389. The number of pyridine rings is 1. The summed E-state index contributed by atoms with van der Waals surface area (Å²) < 4.78 is 7.36. The van der Waals surface area contributed by atoms with E-state index in [1.165, 1.54) is 0 Å². The highest BCUT2D eigenvalue weighted by atomic mass is 16.3. The van der Waals surface area contributed by atoms with Crippen LogP contribution in [-0.4, -0.2) is 40.2 Å². The Balaban J connectivity index is 1.46. The van der Waals surface area contributed by atoms with E-state index in [1.54, 1.807) is 6.26 Å². The van der Waals surface area contributed by atoms with Crippen molar-refractivity contribution in [3.8, 4) is 0 Å². The van der Waals surface area contributed by atoms with E-state index in [0.29, 0.717) is 0 Å². The average Bonchev–Trinajstić information content (AvgIpc) is 3.28. The molecular weight excluding hydrogens is 316 g/mol. The zero-order valence-corrected chi connectivity index (χ0v) is 14.5. The first-order chi connectivity index (χ1) is 12.4. The third kappa shape index (κ3) is 4.82. The Morgan fingerprint density at radius 2 is 2.12 bits per heavy atom. The first-order valence-corrected chi connectivity index (χ1v) is 8.70. The first-order valence-electron chi connectivity index (χ1n) is 8.70. The Hall–Kier alpha value is -2.83. The van der Waals surface area contributed by atoms with Gasteiger partial charge in [-0.15, -0.1) is 10.2 Å². The third-order valence-electron chi connectivity index (χ3n) is 3.80. The molecule has 0 aliphatic rings. The summed E-state index contributed by atoms with van der Waals surface area (Å²) in [6.45, 7) is 4.42.